The lowest BCUT2D eigenvalue weighted by Gasteiger charge is -2.09. The summed E-state index contributed by atoms with van der Waals surface area (Å²) < 4.78 is 1.61. The molecule has 1 aromatic heterocycles. The van der Waals surface area contributed by atoms with Gasteiger partial charge in [0.25, 0.3) is 5.91 Å². The predicted octanol–water partition coefficient (Wildman–Crippen LogP) is 5.69. The molecule has 0 atom stereocenters. The van der Waals surface area contributed by atoms with Gasteiger partial charge in [0.15, 0.2) is 0 Å². The highest BCUT2D eigenvalue weighted by Crippen LogP contribution is 2.28. The van der Waals surface area contributed by atoms with E-state index in [2.05, 4.69) is 11.6 Å². The monoisotopic (exact) mass is 348 g/mol. The highest BCUT2D eigenvalue weighted by Gasteiger charge is 2.20. The summed E-state index contributed by atoms with van der Waals surface area (Å²) in [5.41, 5.74) is 2.82. The van der Waals surface area contributed by atoms with Gasteiger partial charge >= 0.3 is 0 Å². The lowest BCUT2D eigenvalue weighted by molar-refractivity contribution is 0.0965. The third-order valence-electron chi connectivity index (χ3n) is 3.82. The van der Waals surface area contributed by atoms with Crippen LogP contribution in [0.5, 0.6) is 0 Å². The minimum atomic E-state index is -0.163. The van der Waals surface area contributed by atoms with Gasteiger partial charge in [-0.3, -0.25) is 9.36 Å². The number of benzene rings is 2. The Morgan fingerprint density at radius 1 is 1.20 bits per heavy atom. The van der Waals surface area contributed by atoms with Gasteiger partial charge < -0.3 is 0 Å². The number of rotatable bonds is 4. The van der Waals surface area contributed by atoms with Crippen LogP contribution in [0.3, 0.4) is 0 Å². The SMILES string of the molecule is C=C/C=C\C(=C/C)C(=O)n1c(-c2ccccc2)nc2ccc(Cl)cc21. The van der Waals surface area contributed by atoms with Crippen molar-refractivity contribution in [2.24, 2.45) is 0 Å². The Hall–Kier alpha value is -2.91. The topological polar surface area (TPSA) is 34.9 Å². The van der Waals surface area contributed by atoms with Crippen molar-refractivity contribution < 1.29 is 4.79 Å². The van der Waals surface area contributed by atoms with E-state index >= 15 is 0 Å². The molecule has 0 saturated heterocycles. The van der Waals surface area contributed by atoms with Crippen molar-refractivity contribution in [1.82, 2.24) is 9.55 Å². The third kappa shape index (κ3) is 3.32. The molecule has 124 valence electrons. The number of imidazole rings is 1. The third-order valence-corrected chi connectivity index (χ3v) is 4.06. The number of hydrogen-bond donors (Lipinski definition) is 0. The summed E-state index contributed by atoms with van der Waals surface area (Å²) in [6.45, 7) is 5.48. The molecule has 0 fully saturated rings. The molecule has 0 amide bonds. The molecule has 0 aliphatic heterocycles. The summed E-state index contributed by atoms with van der Waals surface area (Å²) in [7, 11) is 0. The van der Waals surface area contributed by atoms with Gasteiger partial charge in [-0.05, 0) is 31.2 Å². The van der Waals surface area contributed by atoms with E-state index in [0.717, 1.165) is 11.1 Å². The van der Waals surface area contributed by atoms with Crippen LogP contribution in [0.15, 0.2) is 85.0 Å². The molecule has 3 nitrogen and oxygen atoms in total. The number of fused-ring (bicyclic) bond motifs is 1. The summed E-state index contributed by atoms with van der Waals surface area (Å²) in [6, 6.07) is 15.0. The number of carbonyl (C=O) groups is 1. The van der Waals surface area contributed by atoms with Crippen LogP contribution in [0.4, 0.5) is 0 Å². The Morgan fingerprint density at radius 3 is 2.64 bits per heavy atom. The molecule has 0 radical (unpaired) electrons. The van der Waals surface area contributed by atoms with E-state index in [1.165, 1.54) is 0 Å². The quantitative estimate of drug-likeness (QED) is 0.448. The first-order chi connectivity index (χ1) is 12.2. The minimum Gasteiger partial charge on any atom is -0.268 e. The number of allylic oxidation sites excluding steroid dienone is 5. The highest BCUT2D eigenvalue weighted by molar-refractivity contribution is 6.31. The smallest absolute Gasteiger partial charge is 0.263 e. The Kier molecular flexibility index (Phi) is 4.96. The van der Waals surface area contributed by atoms with Gasteiger partial charge in [-0.15, -0.1) is 0 Å². The van der Waals surface area contributed by atoms with E-state index in [4.69, 9.17) is 11.6 Å². The van der Waals surface area contributed by atoms with E-state index in [1.807, 2.05) is 43.3 Å². The lowest BCUT2D eigenvalue weighted by atomic mass is 10.1. The first-order valence-corrected chi connectivity index (χ1v) is 8.27. The molecule has 2 aromatic carbocycles. The summed E-state index contributed by atoms with van der Waals surface area (Å²) >= 11 is 6.15. The molecule has 4 heteroatoms. The van der Waals surface area contributed by atoms with Crippen LogP contribution in [0.1, 0.15) is 11.7 Å². The van der Waals surface area contributed by atoms with Gasteiger partial charge in [0.2, 0.25) is 0 Å². The van der Waals surface area contributed by atoms with Crippen LogP contribution < -0.4 is 0 Å². The van der Waals surface area contributed by atoms with Crippen molar-refractivity contribution in [2.75, 3.05) is 0 Å². The normalized spacial score (nSPS) is 12.0. The molecular formula is C21H17ClN2O. The van der Waals surface area contributed by atoms with Gasteiger partial charge in [0.05, 0.1) is 11.0 Å². The summed E-state index contributed by atoms with van der Waals surface area (Å²) in [5, 5.41) is 0.560. The van der Waals surface area contributed by atoms with Gasteiger partial charge in [0.1, 0.15) is 5.82 Å². The second-order valence-electron chi connectivity index (χ2n) is 5.41. The number of carbonyl (C=O) groups excluding carboxylic acids is 1. The van der Waals surface area contributed by atoms with Crippen molar-refractivity contribution in [3.8, 4) is 11.4 Å². The Labute approximate surface area is 151 Å². The van der Waals surface area contributed by atoms with Crippen LogP contribution in [-0.4, -0.2) is 15.5 Å². The van der Waals surface area contributed by atoms with Crippen molar-refractivity contribution in [3.63, 3.8) is 0 Å². The second kappa shape index (κ2) is 7.32. The molecule has 25 heavy (non-hydrogen) atoms. The maximum Gasteiger partial charge on any atom is 0.263 e. The maximum atomic E-state index is 13.2. The second-order valence-corrected chi connectivity index (χ2v) is 5.85. The van der Waals surface area contributed by atoms with Crippen molar-refractivity contribution in [1.29, 1.82) is 0 Å². The van der Waals surface area contributed by atoms with E-state index in [1.54, 1.807) is 41.0 Å². The minimum absolute atomic E-state index is 0.163. The molecular weight excluding hydrogens is 332 g/mol. The van der Waals surface area contributed by atoms with E-state index in [-0.39, 0.29) is 5.91 Å². The summed E-state index contributed by atoms with van der Waals surface area (Å²) in [4.78, 5) is 17.8. The van der Waals surface area contributed by atoms with Crippen LogP contribution >= 0.6 is 11.6 Å². The molecule has 0 aliphatic carbocycles. The van der Waals surface area contributed by atoms with Crippen LogP contribution in [-0.2, 0) is 0 Å². The Bertz CT molecular complexity index is 997. The largest absolute Gasteiger partial charge is 0.268 e. The van der Waals surface area contributed by atoms with Crippen LogP contribution in [0.2, 0.25) is 5.02 Å². The first kappa shape index (κ1) is 16.9. The highest BCUT2D eigenvalue weighted by atomic mass is 35.5. The van der Waals surface area contributed by atoms with Gasteiger partial charge in [-0.2, -0.15) is 0 Å². The van der Waals surface area contributed by atoms with E-state index in [0.29, 0.717) is 21.9 Å². The predicted molar refractivity (Wildman–Crippen MR) is 104 cm³/mol. The van der Waals surface area contributed by atoms with Crippen molar-refractivity contribution in [2.45, 2.75) is 6.92 Å². The van der Waals surface area contributed by atoms with E-state index < -0.39 is 0 Å². The average Bonchev–Trinajstić information content (AvgIpc) is 3.01. The zero-order valence-electron chi connectivity index (χ0n) is 13.8. The van der Waals surface area contributed by atoms with Crippen LogP contribution in [0.25, 0.3) is 22.4 Å². The summed E-state index contributed by atoms with van der Waals surface area (Å²) in [6.07, 6.45) is 6.88. The molecule has 3 rings (SSSR count). The van der Waals surface area contributed by atoms with Gasteiger partial charge in [-0.1, -0.05) is 66.7 Å². The first-order valence-electron chi connectivity index (χ1n) is 7.89. The summed E-state index contributed by atoms with van der Waals surface area (Å²) in [5.74, 6) is 0.429. The maximum absolute atomic E-state index is 13.2. The molecule has 0 aliphatic rings. The van der Waals surface area contributed by atoms with Crippen LogP contribution in [0, 0.1) is 0 Å². The molecule has 3 aromatic rings. The number of hydrogen-bond acceptors (Lipinski definition) is 2. The van der Waals surface area contributed by atoms with Crippen molar-refractivity contribution in [3.05, 3.63) is 90.0 Å². The fourth-order valence-electron chi connectivity index (χ4n) is 2.63. The zero-order valence-corrected chi connectivity index (χ0v) is 14.6. The Balaban J connectivity index is 2.27. The fraction of sp³-hybridized carbons (Fsp3) is 0.0476. The Morgan fingerprint density at radius 2 is 1.96 bits per heavy atom. The molecule has 0 spiro atoms. The van der Waals surface area contributed by atoms with E-state index in [9.17, 15) is 4.79 Å². The average molecular weight is 349 g/mol. The lowest BCUT2D eigenvalue weighted by Crippen LogP contribution is -2.13. The molecule has 1 heterocycles. The van der Waals surface area contributed by atoms with Crippen molar-refractivity contribution >= 4 is 28.5 Å². The number of halogens is 1. The van der Waals surface area contributed by atoms with Gasteiger partial charge in [0, 0.05) is 16.2 Å². The zero-order chi connectivity index (χ0) is 17.8. The number of aromatic nitrogens is 2. The molecule has 0 unspecified atom stereocenters. The molecule has 0 bridgehead atoms. The molecule has 0 saturated carbocycles. The fourth-order valence-corrected chi connectivity index (χ4v) is 2.79. The standard InChI is InChI=1S/C21H17ClN2O/c1-3-5-9-15(4-2)21(25)24-19-14-17(22)12-13-18(19)23-20(24)16-10-7-6-8-11-16/h3-14H,1H2,2H3/b9-5-,15-4+. The van der Waals surface area contributed by atoms with Gasteiger partial charge in [-0.25, -0.2) is 4.98 Å². The number of nitrogens with zero attached hydrogens (tertiary/aromatic N) is 2. The molecule has 0 N–H and O–H groups in total.